The van der Waals surface area contributed by atoms with Gasteiger partial charge in [-0.2, -0.15) is 11.8 Å². The van der Waals surface area contributed by atoms with Crippen LogP contribution in [0.15, 0.2) is 34.2 Å². The van der Waals surface area contributed by atoms with Crippen LogP contribution in [-0.2, 0) is 16.6 Å². The molecule has 0 heterocycles. The number of hydrogen-bond acceptors (Lipinski definition) is 4. The molecule has 0 bridgehead atoms. The molecule has 6 nitrogen and oxygen atoms in total. The molecule has 144 valence electrons. The summed E-state index contributed by atoms with van der Waals surface area (Å²) in [6.07, 6.45) is 7.64. The fourth-order valence-corrected chi connectivity index (χ4v) is 5.24. The fourth-order valence-electron chi connectivity index (χ4n) is 3.13. The van der Waals surface area contributed by atoms with Crippen molar-refractivity contribution in [1.82, 2.24) is 15.4 Å². The van der Waals surface area contributed by atoms with Gasteiger partial charge in [-0.25, -0.2) is 13.1 Å². The Bertz CT molecular complexity index is 730. The largest absolute Gasteiger partial charge is 0.354 e. The molecule has 1 aromatic carbocycles. The topological polar surface area (TPSA) is 82.6 Å². The molecule has 2 aliphatic carbocycles. The summed E-state index contributed by atoms with van der Waals surface area (Å²) < 4.78 is 27.1. The van der Waals surface area contributed by atoms with Crippen LogP contribution in [0.4, 0.5) is 0 Å². The molecule has 2 fully saturated rings. The van der Waals surface area contributed by atoms with Crippen LogP contribution in [0.3, 0.4) is 0 Å². The Kier molecular flexibility index (Phi) is 6.47. The van der Waals surface area contributed by atoms with Crippen molar-refractivity contribution in [3.05, 3.63) is 29.8 Å². The molecule has 3 N–H and O–H groups in total. The van der Waals surface area contributed by atoms with Gasteiger partial charge in [-0.05, 0) is 56.1 Å². The SMILES string of the molecule is CN=C(NCc1ccc(S(=O)(=O)NC2CC2)cc1)NC1CCC(SC)C1. The van der Waals surface area contributed by atoms with E-state index in [0.29, 0.717) is 17.5 Å². The summed E-state index contributed by atoms with van der Waals surface area (Å²) in [5.74, 6) is 0.795. The zero-order valence-electron chi connectivity index (χ0n) is 15.4. The van der Waals surface area contributed by atoms with Crippen molar-refractivity contribution in [2.45, 2.75) is 60.9 Å². The number of guanidine groups is 1. The van der Waals surface area contributed by atoms with Crippen molar-refractivity contribution in [1.29, 1.82) is 0 Å². The van der Waals surface area contributed by atoms with Crippen LogP contribution in [0.25, 0.3) is 0 Å². The molecular weight excluding hydrogens is 368 g/mol. The zero-order chi connectivity index (χ0) is 18.6. The standard InChI is InChI=1S/C18H28N4O2S2/c1-19-18(21-15-7-8-16(11-15)25-2)20-12-13-3-9-17(10-4-13)26(23,24)22-14-5-6-14/h3-4,9-10,14-16,22H,5-8,11-12H2,1-2H3,(H2,19,20,21). The summed E-state index contributed by atoms with van der Waals surface area (Å²) in [5, 5.41) is 7.54. The molecule has 8 heteroatoms. The van der Waals surface area contributed by atoms with E-state index in [-0.39, 0.29) is 6.04 Å². The van der Waals surface area contributed by atoms with E-state index in [2.05, 4.69) is 26.6 Å². The quantitative estimate of drug-likeness (QED) is 0.486. The molecule has 2 atom stereocenters. The maximum Gasteiger partial charge on any atom is 0.240 e. The lowest BCUT2D eigenvalue weighted by Crippen LogP contribution is -2.42. The lowest BCUT2D eigenvalue weighted by atomic mass is 10.2. The van der Waals surface area contributed by atoms with Crippen LogP contribution in [0, 0.1) is 0 Å². The highest BCUT2D eigenvalue weighted by molar-refractivity contribution is 7.99. The molecule has 0 amide bonds. The first-order valence-corrected chi connectivity index (χ1v) is 11.9. The highest BCUT2D eigenvalue weighted by Crippen LogP contribution is 2.28. The molecule has 1 aromatic rings. The summed E-state index contributed by atoms with van der Waals surface area (Å²) in [5.41, 5.74) is 1.02. The van der Waals surface area contributed by atoms with Crippen molar-refractivity contribution in [2.75, 3.05) is 13.3 Å². The van der Waals surface area contributed by atoms with E-state index < -0.39 is 10.0 Å². The Hall–Kier alpha value is -1.25. The van der Waals surface area contributed by atoms with Crippen molar-refractivity contribution < 1.29 is 8.42 Å². The first-order valence-electron chi connectivity index (χ1n) is 9.11. The smallest absolute Gasteiger partial charge is 0.240 e. The van der Waals surface area contributed by atoms with Crippen molar-refractivity contribution in [3.8, 4) is 0 Å². The summed E-state index contributed by atoms with van der Waals surface area (Å²) in [4.78, 5) is 4.62. The van der Waals surface area contributed by atoms with Crippen LogP contribution in [0.5, 0.6) is 0 Å². The van der Waals surface area contributed by atoms with Crippen molar-refractivity contribution in [3.63, 3.8) is 0 Å². The Balaban J connectivity index is 1.50. The zero-order valence-corrected chi connectivity index (χ0v) is 17.0. The summed E-state index contributed by atoms with van der Waals surface area (Å²) in [7, 11) is -1.61. The molecule has 2 saturated carbocycles. The normalized spacial score (nSPS) is 23.8. The van der Waals surface area contributed by atoms with E-state index in [1.54, 1.807) is 19.2 Å². The number of thioether (sulfide) groups is 1. The molecule has 0 radical (unpaired) electrons. The van der Waals surface area contributed by atoms with Gasteiger partial charge in [0.1, 0.15) is 0 Å². The fraction of sp³-hybridized carbons (Fsp3) is 0.611. The summed E-state index contributed by atoms with van der Waals surface area (Å²) in [6.45, 7) is 0.606. The van der Waals surface area contributed by atoms with E-state index in [9.17, 15) is 8.42 Å². The van der Waals surface area contributed by atoms with Gasteiger partial charge < -0.3 is 10.6 Å². The minimum atomic E-state index is -3.38. The lowest BCUT2D eigenvalue weighted by Gasteiger charge is -2.17. The van der Waals surface area contributed by atoms with Gasteiger partial charge in [-0.15, -0.1) is 0 Å². The van der Waals surface area contributed by atoms with E-state index in [0.717, 1.165) is 29.6 Å². The van der Waals surface area contributed by atoms with E-state index in [1.165, 1.54) is 19.3 Å². The number of nitrogens with zero attached hydrogens (tertiary/aromatic N) is 1. The second kappa shape index (κ2) is 8.63. The number of rotatable bonds is 7. The van der Waals surface area contributed by atoms with Gasteiger partial charge in [0.05, 0.1) is 4.90 Å². The molecular formula is C18H28N4O2S2. The van der Waals surface area contributed by atoms with Crippen molar-refractivity contribution in [2.24, 2.45) is 4.99 Å². The van der Waals surface area contributed by atoms with Gasteiger partial charge >= 0.3 is 0 Å². The van der Waals surface area contributed by atoms with Crippen LogP contribution in [0.2, 0.25) is 0 Å². The Morgan fingerprint density at radius 1 is 1.15 bits per heavy atom. The average molecular weight is 397 g/mol. The Labute approximate surface area is 160 Å². The summed E-state index contributed by atoms with van der Waals surface area (Å²) in [6, 6.07) is 7.62. The highest BCUT2D eigenvalue weighted by atomic mass is 32.2. The molecule has 0 spiro atoms. The van der Waals surface area contributed by atoms with Crippen LogP contribution in [-0.4, -0.2) is 45.0 Å². The van der Waals surface area contributed by atoms with Crippen LogP contribution in [0.1, 0.15) is 37.7 Å². The van der Waals surface area contributed by atoms with Gasteiger partial charge in [0.15, 0.2) is 5.96 Å². The Morgan fingerprint density at radius 3 is 2.42 bits per heavy atom. The Morgan fingerprint density at radius 2 is 1.85 bits per heavy atom. The molecule has 0 aromatic heterocycles. The maximum atomic E-state index is 12.2. The van der Waals surface area contributed by atoms with Gasteiger partial charge in [0.25, 0.3) is 0 Å². The third kappa shape index (κ3) is 5.37. The number of nitrogens with one attached hydrogen (secondary N) is 3. The first kappa shape index (κ1) is 19.5. The number of hydrogen-bond donors (Lipinski definition) is 3. The van der Waals surface area contributed by atoms with E-state index >= 15 is 0 Å². The number of aliphatic imine (C=N–C) groups is 1. The summed E-state index contributed by atoms with van der Waals surface area (Å²) >= 11 is 1.94. The van der Waals surface area contributed by atoms with Crippen molar-refractivity contribution >= 4 is 27.7 Å². The van der Waals surface area contributed by atoms with Gasteiger partial charge in [-0.1, -0.05) is 12.1 Å². The van der Waals surface area contributed by atoms with Gasteiger partial charge in [0, 0.05) is 30.9 Å². The van der Waals surface area contributed by atoms with E-state index in [4.69, 9.17) is 0 Å². The molecule has 3 rings (SSSR count). The highest BCUT2D eigenvalue weighted by Gasteiger charge is 2.28. The molecule has 2 aliphatic rings. The predicted octanol–water partition coefficient (Wildman–Crippen LogP) is 2.08. The molecule has 26 heavy (non-hydrogen) atoms. The predicted molar refractivity (Wildman–Crippen MR) is 108 cm³/mol. The number of benzene rings is 1. The molecule has 0 aliphatic heterocycles. The minimum Gasteiger partial charge on any atom is -0.354 e. The lowest BCUT2D eigenvalue weighted by molar-refractivity contribution is 0.581. The van der Waals surface area contributed by atoms with Crippen LogP contribution >= 0.6 is 11.8 Å². The molecule has 2 unspecified atom stereocenters. The first-order chi connectivity index (χ1) is 12.5. The maximum absolute atomic E-state index is 12.2. The second-order valence-corrected chi connectivity index (χ2v) is 9.83. The minimum absolute atomic E-state index is 0.122. The van der Waals surface area contributed by atoms with Crippen LogP contribution < -0.4 is 15.4 Å². The average Bonchev–Trinajstić information content (AvgIpc) is 3.32. The van der Waals surface area contributed by atoms with Gasteiger partial charge in [-0.3, -0.25) is 4.99 Å². The number of sulfonamides is 1. The third-order valence-corrected chi connectivity index (χ3v) is 7.51. The second-order valence-electron chi connectivity index (χ2n) is 6.98. The van der Waals surface area contributed by atoms with E-state index in [1.807, 2.05) is 23.9 Å². The monoisotopic (exact) mass is 396 g/mol. The van der Waals surface area contributed by atoms with Gasteiger partial charge in [0.2, 0.25) is 10.0 Å². The third-order valence-electron chi connectivity index (χ3n) is 4.88. The molecule has 0 saturated heterocycles.